The van der Waals surface area contributed by atoms with Gasteiger partial charge in [0.1, 0.15) is 0 Å². The first-order valence-electron chi connectivity index (χ1n) is 3.88. The zero-order chi connectivity index (χ0) is 10.1. The molecule has 0 saturated carbocycles. The van der Waals surface area contributed by atoms with Crippen LogP contribution in [0.1, 0.15) is 6.42 Å². The first kappa shape index (κ1) is 10.7. The molecule has 0 atom stereocenters. The normalized spacial score (nSPS) is 27.5. The molecule has 0 spiro atoms. The van der Waals surface area contributed by atoms with Crippen LogP contribution in [0.25, 0.3) is 0 Å². The van der Waals surface area contributed by atoms with Crippen LogP contribution in [0.15, 0.2) is 12.2 Å². The van der Waals surface area contributed by atoms with E-state index in [1.807, 2.05) is 0 Å². The SMILES string of the molecule is C=C1CS(=O)(=O)CCCS(=O)(=O)C1. The molecule has 0 aromatic heterocycles. The predicted octanol–water partition coefficient (Wildman–Crippen LogP) is -0.224. The van der Waals surface area contributed by atoms with Crippen molar-refractivity contribution in [3.05, 3.63) is 12.2 Å². The lowest BCUT2D eigenvalue weighted by Crippen LogP contribution is -2.24. The van der Waals surface area contributed by atoms with Gasteiger partial charge in [0, 0.05) is 0 Å². The Morgan fingerprint density at radius 2 is 1.31 bits per heavy atom. The Balaban J connectivity index is 2.89. The molecule has 0 aromatic rings. The zero-order valence-corrected chi connectivity index (χ0v) is 8.83. The van der Waals surface area contributed by atoms with E-state index in [9.17, 15) is 16.8 Å². The number of rotatable bonds is 0. The van der Waals surface area contributed by atoms with Gasteiger partial charge in [-0.05, 0) is 12.0 Å². The van der Waals surface area contributed by atoms with Crippen molar-refractivity contribution < 1.29 is 16.8 Å². The maximum absolute atomic E-state index is 11.2. The van der Waals surface area contributed by atoms with Crippen LogP contribution >= 0.6 is 0 Å². The standard InChI is InChI=1S/C7H12O4S2/c1-7-5-12(8,9)3-2-4-13(10,11)6-7/h1-6H2. The molecule has 0 amide bonds. The van der Waals surface area contributed by atoms with Crippen LogP contribution in [0.4, 0.5) is 0 Å². The van der Waals surface area contributed by atoms with Gasteiger partial charge in [0.15, 0.2) is 19.7 Å². The third-order valence-electron chi connectivity index (χ3n) is 1.76. The van der Waals surface area contributed by atoms with Crippen LogP contribution in [0, 0.1) is 0 Å². The highest BCUT2D eigenvalue weighted by Gasteiger charge is 2.22. The molecule has 0 aliphatic carbocycles. The average Bonchev–Trinajstić information content (AvgIpc) is 1.79. The van der Waals surface area contributed by atoms with Gasteiger partial charge in [-0.2, -0.15) is 0 Å². The van der Waals surface area contributed by atoms with Crippen molar-refractivity contribution in [2.24, 2.45) is 0 Å². The van der Waals surface area contributed by atoms with Crippen molar-refractivity contribution in [1.29, 1.82) is 0 Å². The van der Waals surface area contributed by atoms with Crippen molar-refractivity contribution in [1.82, 2.24) is 0 Å². The molecule has 1 rings (SSSR count). The third-order valence-corrected chi connectivity index (χ3v) is 5.28. The van der Waals surface area contributed by atoms with Crippen molar-refractivity contribution in [3.8, 4) is 0 Å². The highest BCUT2D eigenvalue weighted by Crippen LogP contribution is 2.10. The first-order chi connectivity index (χ1) is 5.81. The fraction of sp³-hybridized carbons (Fsp3) is 0.714. The lowest BCUT2D eigenvalue weighted by atomic mass is 10.4. The Bertz CT molecular complexity index is 364. The summed E-state index contributed by atoms with van der Waals surface area (Å²) in [5, 5.41) is 0. The van der Waals surface area contributed by atoms with Gasteiger partial charge in [-0.1, -0.05) is 6.58 Å². The van der Waals surface area contributed by atoms with Gasteiger partial charge in [-0.25, -0.2) is 16.8 Å². The molecule has 1 aliphatic rings. The summed E-state index contributed by atoms with van der Waals surface area (Å²) in [6, 6.07) is 0. The molecule has 1 saturated heterocycles. The van der Waals surface area contributed by atoms with Crippen LogP contribution in [0.3, 0.4) is 0 Å². The van der Waals surface area contributed by atoms with Crippen LogP contribution in [0.5, 0.6) is 0 Å². The summed E-state index contributed by atoms with van der Waals surface area (Å²) in [5.41, 5.74) is 0.278. The summed E-state index contributed by atoms with van der Waals surface area (Å²) in [7, 11) is -6.21. The van der Waals surface area contributed by atoms with E-state index in [1.165, 1.54) is 0 Å². The van der Waals surface area contributed by atoms with Crippen molar-refractivity contribution in [2.45, 2.75) is 6.42 Å². The summed E-state index contributed by atoms with van der Waals surface area (Å²) in [6.45, 7) is 3.45. The largest absolute Gasteiger partial charge is 0.229 e. The van der Waals surface area contributed by atoms with E-state index in [0.717, 1.165) is 0 Å². The lowest BCUT2D eigenvalue weighted by Gasteiger charge is -2.12. The summed E-state index contributed by atoms with van der Waals surface area (Å²) < 4.78 is 44.8. The van der Waals surface area contributed by atoms with Crippen LogP contribution < -0.4 is 0 Å². The highest BCUT2D eigenvalue weighted by atomic mass is 32.2. The molecule has 1 heterocycles. The van der Waals surface area contributed by atoms with Crippen LogP contribution in [-0.2, 0) is 19.7 Å². The van der Waals surface area contributed by atoms with Crippen molar-refractivity contribution >= 4 is 19.7 Å². The monoisotopic (exact) mass is 224 g/mol. The average molecular weight is 224 g/mol. The van der Waals surface area contributed by atoms with E-state index in [0.29, 0.717) is 0 Å². The molecule has 0 radical (unpaired) electrons. The Morgan fingerprint density at radius 1 is 0.923 bits per heavy atom. The minimum absolute atomic E-state index is 0.0503. The predicted molar refractivity (Wildman–Crippen MR) is 51.1 cm³/mol. The quantitative estimate of drug-likeness (QED) is 0.533. The smallest absolute Gasteiger partial charge is 0.154 e. The molecule has 4 nitrogen and oxygen atoms in total. The van der Waals surface area contributed by atoms with Crippen molar-refractivity contribution in [2.75, 3.05) is 23.0 Å². The van der Waals surface area contributed by atoms with E-state index in [4.69, 9.17) is 0 Å². The fourth-order valence-electron chi connectivity index (χ4n) is 1.31. The highest BCUT2D eigenvalue weighted by molar-refractivity contribution is 7.93. The molecular formula is C7H12O4S2. The maximum atomic E-state index is 11.2. The lowest BCUT2D eigenvalue weighted by molar-refractivity contribution is 0.588. The van der Waals surface area contributed by atoms with E-state index in [2.05, 4.69) is 6.58 Å². The summed E-state index contributed by atoms with van der Waals surface area (Å²) in [6.07, 6.45) is 0.206. The first-order valence-corrected chi connectivity index (χ1v) is 7.52. The van der Waals surface area contributed by atoms with Gasteiger partial charge in [0.05, 0.1) is 23.0 Å². The molecule has 13 heavy (non-hydrogen) atoms. The zero-order valence-electron chi connectivity index (χ0n) is 7.19. The van der Waals surface area contributed by atoms with Gasteiger partial charge in [-0.15, -0.1) is 0 Å². The van der Waals surface area contributed by atoms with Crippen LogP contribution in [-0.4, -0.2) is 39.8 Å². The van der Waals surface area contributed by atoms with E-state index in [-0.39, 0.29) is 35.0 Å². The Morgan fingerprint density at radius 3 is 1.69 bits per heavy atom. The molecule has 1 aliphatic heterocycles. The van der Waals surface area contributed by atoms with E-state index in [1.54, 1.807) is 0 Å². The second-order valence-electron chi connectivity index (χ2n) is 3.29. The maximum Gasteiger partial charge on any atom is 0.154 e. The van der Waals surface area contributed by atoms with Gasteiger partial charge < -0.3 is 0 Å². The molecule has 1 fully saturated rings. The van der Waals surface area contributed by atoms with Gasteiger partial charge in [0.2, 0.25) is 0 Å². The van der Waals surface area contributed by atoms with Crippen molar-refractivity contribution in [3.63, 3.8) is 0 Å². The fourth-order valence-corrected chi connectivity index (χ4v) is 4.52. The minimum atomic E-state index is -3.11. The Labute approximate surface area is 78.5 Å². The second kappa shape index (κ2) is 3.42. The van der Waals surface area contributed by atoms with E-state index < -0.39 is 19.7 Å². The molecule has 0 bridgehead atoms. The minimum Gasteiger partial charge on any atom is -0.229 e. The molecular weight excluding hydrogens is 212 g/mol. The van der Waals surface area contributed by atoms with E-state index >= 15 is 0 Å². The Kier molecular flexibility index (Phi) is 2.82. The molecule has 0 unspecified atom stereocenters. The topological polar surface area (TPSA) is 68.3 Å². The summed E-state index contributed by atoms with van der Waals surface area (Å²) in [4.78, 5) is 0. The molecule has 76 valence electrons. The van der Waals surface area contributed by atoms with Gasteiger partial charge in [0.25, 0.3) is 0 Å². The number of hydrogen-bond donors (Lipinski definition) is 0. The van der Waals surface area contributed by atoms with Gasteiger partial charge in [-0.3, -0.25) is 0 Å². The second-order valence-corrected chi connectivity index (χ2v) is 7.66. The molecule has 0 N–H and O–H groups in total. The van der Waals surface area contributed by atoms with Gasteiger partial charge >= 0.3 is 0 Å². The molecule has 6 heteroatoms. The summed E-state index contributed by atoms with van der Waals surface area (Å²) >= 11 is 0. The summed E-state index contributed by atoms with van der Waals surface area (Å²) in [5.74, 6) is -0.477. The number of sulfone groups is 2. The third kappa shape index (κ3) is 3.48. The van der Waals surface area contributed by atoms with Crippen LogP contribution in [0.2, 0.25) is 0 Å². The molecule has 0 aromatic carbocycles. The Hall–Kier alpha value is -0.360. The number of hydrogen-bond acceptors (Lipinski definition) is 4.